The molecule has 0 saturated heterocycles. The van der Waals surface area contributed by atoms with Crippen molar-refractivity contribution < 1.29 is 4.79 Å². The van der Waals surface area contributed by atoms with Crippen LogP contribution < -0.4 is 5.32 Å². The first kappa shape index (κ1) is 11.6. The van der Waals surface area contributed by atoms with Gasteiger partial charge in [0.25, 0.3) is 0 Å². The van der Waals surface area contributed by atoms with E-state index in [1.54, 1.807) is 29.4 Å². The van der Waals surface area contributed by atoms with Gasteiger partial charge in [-0.05, 0) is 29.3 Å². The fourth-order valence-electron chi connectivity index (χ4n) is 1.34. The van der Waals surface area contributed by atoms with Gasteiger partial charge in [-0.15, -0.1) is 0 Å². The molecule has 0 unspecified atom stereocenters. The van der Waals surface area contributed by atoms with Crippen molar-refractivity contribution in [1.82, 2.24) is 19.9 Å². The Bertz CT molecular complexity index is 497. The zero-order valence-corrected chi connectivity index (χ0v) is 9.76. The van der Waals surface area contributed by atoms with Gasteiger partial charge in [0.05, 0.1) is 0 Å². The summed E-state index contributed by atoms with van der Waals surface area (Å²) >= 11 is 5.76. The lowest BCUT2D eigenvalue weighted by molar-refractivity contribution is -0.121. The number of aromatic nitrogens is 3. The number of amides is 1. The topological polar surface area (TPSA) is 59.8 Å². The van der Waals surface area contributed by atoms with Gasteiger partial charge in [-0.25, -0.2) is 4.98 Å². The Kier molecular flexibility index (Phi) is 3.72. The van der Waals surface area contributed by atoms with Crippen LogP contribution in [-0.2, 0) is 17.9 Å². The summed E-state index contributed by atoms with van der Waals surface area (Å²) in [6, 6.07) is 3.70. The van der Waals surface area contributed by atoms with E-state index in [0.29, 0.717) is 11.8 Å². The van der Waals surface area contributed by atoms with Crippen LogP contribution in [0.2, 0.25) is 5.28 Å². The van der Waals surface area contributed by atoms with Crippen molar-refractivity contribution in [3.63, 3.8) is 0 Å². The highest BCUT2D eigenvalue weighted by molar-refractivity contribution is 6.28. The Morgan fingerprint density at radius 1 is 1.35 bits per heavy atom. The number of rotatable bonds is 4. The fraction of sp³-hybridized carbons (Fsp3) is 0.182. The van der Waals surface area contributed by atoms with E-state index in [2.05, 4.69) is 15.3 Å². The molecule has 0 aromatic carbocycles. The average Bonchev–Trinajstić information content (AvgIpc) is 2.74. The molecule has 0 aliphatic rings. The van der Waals surface area contributed by atoms with Crippen LogP contribution in [0.5, 0.6) is 0 Å². The number of imidazole rings is 1. The van der Waals surface area contributed by atoms with Gasteiger partial charge in [0.1, 0.15) is 6.54 Å². The van der Waals surface area contributed by atoms with Crippen molar-refractivity contribution in [2.75, 3.05) is 0 Å². The zero-order chi connectivity index (χ0) is 12.1. The molecule has 0 bridgehead atoms. The van der Waals surface area contributed by atoms with E-state index in [4.69, 9.17) is 11.6 Å². The van der Waals surface area contributed by atoms with Crippen LogP contribution in [0.4, 0.5) is 0 Å². The molecule has 0 fully saturated rings. The van der Waals surface area contributed by atoms with Gasteiger partial charge in [0.2, 0.25) is 11.2 Å². The minimum atomic E-state index is -0.110. The van der Waals surface area contributed by atoms with Gasteiger partial charge in [-0.3, -0.25) is 9.78 Å². The van der Waals surface area contributed by atoms with Crippen LogP contribution in [-0.4, -0.2) is 20.4 Å². The molecular weight excluding hydrogens is 240 g/mol. The lowest BCUT2D eigenvalue weighted by Gasteiger charge is -2.06. The summed E-state index contributed by atoms with van der Waals surface area (Å²) in [4.78, 5) is 19.3. The lowest BCUT2D eigenvalue weighted by Crippen LogP contribution is -2.26. The van der Waals surface area contributed by atoms with Gasteiger partial charge >= 0.3 is 0 Å². The van der Waals surface area contributed by atoms with Crippen molar-refractivity contribution in [3.8, 4) is 0 Å². The molecule has 17 heavy (non-hydrogen) atoms. The zero-order valence-electron chi connectivity index (χ0n) is 9.01. The molecule has 1 N–H and O–H groups in total. The van der Waals surface area contributed by atoms with Crippen LogP contribution in [0, 0.1) is 0 Å². The maximum atomic E-state index is 11.6. The monoisotopic (exact) mass is 250 g/mol. The first-order valence-corrected chi connectivity index (χ1v) is 5.46. The Morgan fingerprint density at radius 3 is 2.76 bits per heavy atom. The van der Waals surface area contributed by atoms with Gasteiger partial charge in [0, 0.05) is 31.3 Å². The second kappa shape index (κ2) is 5.45. The summed E-state index contributed by atoms with van der Waals surface area (Å²) < 4.78 is 1.57. The standard InChI is InChI=1S/C11H11ClN4O/c12-11-14-5-6-16(11)8-10(17)15-7-9-1-3-13-4-2-9/h1-6H,7-8H2,(H,15,17). The Balaban J connectivity index is 1.85. The number of hydrogen-bond donors (Lipinski definition) is 1. The fourth-order valence-corrected chi connectivity index (χ4v) is 1.51. The van der Waals surface area contributed by atoms with E-state index >= 15 is 0 Å². The third-order valence-electron chi connectivity index (χ3n) is 2.22. The Morgan fingerprint density at radius 2 is 2.12 bits per heavy atom. The van der Waals surface area contributed by atoms with Gasteiger partial charge in [-0.1, -0.05) is 0 Å². The van der Waals surface area contributed by atoms with Crippen LogP contribution in [0.15, 0.2) is 36.9 Å². The summed E-state index contributed by atoms with van der Waals surface area (Å²) in [5.41, 5.74) is 1.00. The number of halogens is 1. The summed E-state index contributed by atoms with van der Waals surface area (Å²) in [6.45, 7) is 0.650. The van der Waals surface area contributed by atoms with E-state index in [0.717, 1.165) is 5.56 Å². The van der Waals surface area contributed by atoms with E-state index in [-0.39, 0.29) is 12.5 Å². The number of pyridine rings is 1. The molecule has 0 aliphatic heterocycles. The van der Waals surface area contributed by atoms with Crippen molar-refractivity contribution in [3.05, 3.63) is 47.8 Å². The molecule has 2 heterocycles. The highest BCUT2D eigenvalue weighted by atomic mass is 35.5. The molecule has 2 aromatic heterocycles. The number of nitrogens with one attached hydrogen (secondary N) is 1. The maximum absolute atomic E-state index is 11.6. The van der Waals surface area contributed by atoms with Crippen LogP contribution >= 0.6 is 11.6 Å². The van der Waals surface area contributed by atoms with Gasteiger partial charge in [-0.2, -0.15) is 0 Å². The SMILES string of the molecule is O=C(Cn1ccnc1Cl)NCc1ccncc1. The van der Waals surface area contributed by atoms with Gasteiger partial charge < -0.3 is 9.88 Å². The summed E-state index contributed by atoms with van der Waals surface area (Å²) in [5, 5.41) is 3.10. The predicted molar refractivity (Wildman–Crippen MR) is 63.3 cm³/mol. The minimum Gasteiger partial charge on any atom is -0.350 e. The van der Waals surface area contributed by atoms with E-state index < -0.39 is 0 Å². The molecule has 2 aromatic rings. The summed E-state index contributed by atoms with van der Waals surface area (Å²) in [5.74, 6) is -0.110. The van der Waals surface area contributed by atoms with Crippen LogP contribution in [0.1, 0.15) is 5.56 Å². The second-order valence-electron chi connectivity index (χ2n) is 3.46. The van der Waals surface area contributed by atoms with E-state index in [1.165, 1.54) is 0 Å². The summed E-state index contributed by atoms with van der Waals surface area (Å²) in [7, 11) is 0. The molecular formula is C11H11ClN4O. The van der Waals surface area contributed by atoms with E-state index in [1.807, 2.05) is 12.1 Å². The lowest BCUT2D eigenvalue weighted by atomic mass is 10.3. The quantitative estimate of drug-likeness (QED) is 0.888. The largest absolute Gasteiger partial charge is 0.350 e. The number of carbonyl (C=O) groups excluding carboxylic acids is 1. The molecule has 1 amide bonds. The molecule has 0 atom stereocenters. The minimum absolute atomic E-state index is 0.110. The Hall–Kier alpha value is -1.88. The first-order valence-electron chi connectivity index (χ1n) is 5.08. The molecule has 0 radical (unpaired) electrons. The average molecular weight is 251 g/mol. The molecule has 0 aliphatic carbocycles. The van der Waals surface area contributed by atoms with Crippen molar-refractivity contribution in [1.29, 1.82) is 0 Å². The third kappa shape index (κ3) is 3.29. The van der Waals surface area contributed by atoms with Crippen LogP contribution in [0.25, 0.3) is 0 Å². The van der Waals surface area contributed by atoms with Crippen molar-refractivity contribution >= 4 is 17.5 Å². The van der Waals surface area contributed by atoms with Crippen molar-refractivity contribution in [2.45, 2.75) is 13.1 Å². The molecule has 6 heteroatoms. The number of nitrogens with zero attached hydrogens (tertiary/aromatic N) is 3. The normalized spacial score (nSPS) is 10.2. The molecule has 88 valence electrons. The molecule has 0 spiro atoms. The van der Waals surface area contributed by atoms with Crippen molar-refractivity contribution in [2.24, 2.45) is 0 Å². The van der Waals surface area contributed by atoms with Gasteiger partial charge in [0.15, 0.2) is 0 Å². The smallest absolute Gasteiger partial charge is 0.240 e. The second-order valence-corrected chi connectivity index (χ2v) is 3.79. The highest BCUT2D eigenvalue weighted by Gasteiger charge is 2.05. The number of hydrogen-bond acceptors (Lipinski definition) is 3. The maximum Gasteiger partial charge on any atom is 0.240 e. The molecule has 5 nitrogen and oxygen atoms in total. The predicted octanol–water partition coefficient (Wildman–Crippen LogP) is 1.25. The first-order chi connectivity index (χ1) is 8.25. The third-order valence-corrected chi connectivity index (χ3v) is 2.53. The summed E-state index contributed by atoms with van der Waals surface area (Å²) in [6.07, 6.45) is 6.59. The molecule has 0 saturated carbocycles. The Labute approximate surface area is 103 Å². The van der Waals surface area contributed by atoms with Crippen LogP contribution in [0.3, 0.4) is 0 Å². The highest BCUT2D eigenvalue weighted by Crippen LogP contribution is 2.03. The van der Waals surface area contributed by atoms with E-state index in [9.17, 15) is 4.79 Å². The molecule has 2 rings (SSSR count). The number of carbonyl (C=O) groups is 1.